The Kier molecular flexibility index (Phi) is 5.88. The SMILES string of the molecule is COC(=O)c1ccc(Cl)c(NC(=O)c2ccnc(N3CCN(C)CC3)n2)c1. The van der Waals surface area contributed by atoms with Crippen molar-refractivity contribution in [3.05, 3.63) is 46.7 Å². The average Bonchev–Trinajstić information content (AvgIpc) is 2.69. The molecule has 27 heavy (non-hydrogen) atoms. The first-order valence-electron chi connectivity index (χ1n) is 8.43. The number of ether oxygens (including phenoxy) is 1. The van der Waals surface area contributed by atoms with E-state index in [0.29, 0.717) is 16.7 Å². The third-order valence-corrected chi connectivity index (χ3v) is 4.63. The number of hydrogen-bond donors (Lipinski definition) is 1. The lowest BCUT2D eigenvalue weighted by molar-refractivity contribution is 0.0600. The van der Waals surface area contributed by atoms with E-state index in [1.165, 1.54) is 31.4 Å². The van der Waals surface area contributed by atoms with Crippen molar-refractivity contribution in [3.63, 3.8) is 0 Å². The Bertz CT molecular complexity index is 853. The van der Waals surface area contributed by atoms with Crippen LogP contribution in [0.5, 0.6) is 0 Å². The molecule has 1 aliphatic heterocycles. The molecule has 0 radical (unpaired) electrons. The quantitative estimate of drug-likeness (QED) is 0.799. The van der Waals surface area contributed by atoms with E-state index in [2.05, 4.69) is 32.0 Å². The minimum absolute atomic E-state index is 0.221. The van der Waals surface area contributed by atoms with Gasteiger partial charge in [0, 0.05) is 32.4 Å². The molecule has 0 aliphatic carbocycles. The molecular weight excluding hydrogens is 370 g/mol. The molecule has 0 saturated carbocycles. The van der Waals surface area contributed by atoms with Gasteiger partial charge in [-0.15, -0.1) is 0 Å². The Morgan fingerprint density at radius 3 is 2.63 bits per heavy atom. The number of hydrogen-bond acceptors (Lipinski definition) is 7. The van der Waals surface area contributed by atoms with Crippen LogP contribution in [0.25, 0.3) is 0 Å². The number of likely N-dealkylation sites (N-methyl/N-ethyl adjacent to an activating group) is 1. The number of carbonyl (C=O) groups excluding carboxylic acids is 2. The van der Waals surface area contributed by atoms with Crippen LogP contribution in [0.1, 0.15) is 20.8 Å². The van der Waals surface area contributed by atoms with Gasteiger partial charge in [-0.1, -0.05) is 11.6 Å². The van der Waals surface area contributed by atoms with E-state index in [0.717, 1.165) is 26.2 Å². The van der Waals surface area contributed by atoms with Gasteiger partial charge in [0.25, 0.3) is 5.91 Å². The Morgan fingerprint density at radius 2 is 1.93 bits per heavy atom. The molecule has 0 spiro atoms. The molecule has 9 heteroatoms. The van der Waals surface area contributed by atoms with E-state index in [-0.39, 0.29) is 11.3 Å². The zero-order chi connectivity index (χ0) is 19.4. The number of benzene rings is 1. The molecular formula is C18H20ClN5O3. The van der Waals surface area contributed by atoms with Gasteiger partial charge in [-0.05, 0) is 31.3 Å². The molecule has 1 saturated heterocycles. The minimum atomic E-state index is -0.512. The second-order valence-electron chi connectivity index (χ2n) is 6.17. The zero-order valence-corrected chi connectivity index (χ0v) is 15.9. The van der Waals surface area contributed by atoms with E-state index in [1.54, 1.807) is 6.20 Å². The molecule has 1 N–H and O–H groups in total. The maximum Gasteiger partial charge on any atom is 0.337 e. The highest BCUT2D eigenvalue weighted by Gasteiger charge is 2.19. The minimum Gasteiger partial charge on any atom is -0.465 e. The van der Waals surface area contributed by atoms with Crippen molar-refractivity contribution in [1.82, 2.24) is 14.9 Å². The lowest BCUT2D eigenvalue weighted by Gasteiger charge is -2.32. The molecule has 142 valence electrons. The van der Waals surface area contributed by atoms with Crippen molar-refractivity contribution in [2.45, 2.75) is 0 Å². The number of nitrogens with one attached hydrogen (secondary N) is 1. The summed E-state index contributed by atoms with van der Waals surface area (Å²) in [7, 11) is 3.35. The predicted molar refractivity (Wildman–Crippen MR) is 102 cm³/mol. The Morgan fingerprint density at radius 1 is 1.19 bits per heavy atom. The van der Waals surface area contributed by atoms with Crippen LogP contribution in [-0.4, -0.2) is 67.1 Å². The van der Waals surface area contributed by atoms with Crippen LogP contribution in [-0.2, 0) is 4.74 Å². The molecule has 1 fully saturated rings. The summed E-state index contributed by atoms with van der Waals surface area (Å²) in [5, 5.41) is 3.00. The fourth-order valence-corrected chi connectivity index (χ4v) is 2.85. The van der Waals surface area contributed by atoms with Crippen molar-refractivity contribution in [2.75, 3.05) is 50.6 Å². The lowest BCUT2D eigenvalue weighted by Crippen LogP contribution is -2.45. The number of aromatic nitrogens is 2. The van der Waals surface area contributed by atoms with Gasteiger partial charge in [-0.25, -0.2) is 14.8 Å². The van der Waals surface area contributed by atoms with Gasteiger partial charge in [0.05, 0.1) is 23.4 Å². The molecule has 0 atom stereocenters. The summed E-state index contributed by atoms with van der Waals surface area (Å²) in [6.45, 7) is 3.43. The Hall–Kier alpha value is -2.71. The highest BCUT2D eigenvalue weighted by atomic mass is 35.5. The Balaban J connectivity index is 1.77. The van der Waals surface area contributed by atoms with E-state index in [1.807, 2.05) is 4.90 Å². The van der Waals surface area contributed by atoms with E-state index in [4.69, 9.17) is 11.6 Å². The first kappa shape index (κ1) is 19.1. The van der Waals surface area contributed by atoms with Crippen LogP contribution < -0.4 is 10.2 Å². The number of halogens is 1. The summed E-state index contributed by atoms with van der Waals surface area (Å²) in [4.78, 5) is 37.2. The van der Waals surface area contributed by atoms with Crippen molar-refractivity contribution in [3.8, 4) is 0 Å². The number of anilines is 2. The summed E-state index contributed by atoms with van der Waals surface area (Å²) >= 11 is 6.13. The molecule has 0 unspecified atom stereocenters. The van der Waals surface area contributed by atoms with Gasteiger partial charge < -0.3 is 19.9 Å². The lowest BCUT2D eigenvalue weighted by atomic mass is 10.2. The second kappa shape index (κ2) is 8.32. The van der Waals surface area contributed by atoms with E-state index in [9.17, 15) is 9.59 Å². The third kappa shape index (κ3) is 4.53. The predicted octanol–water partition coefficient (Wildman–Crippen LogP) is 1.92. The topological polar surface area (TPSA) is 87.7 Å². The summed E-state index contributed by atoms with van der Waals surface area (Å²) in [6.07, 6.45) is 1.56. The molecule has 8 nitrogen and oxygen atoms in total. The fraction of sp³-hybridized carbons (Fsp3) is 0.333. The zero-order valence-electron chi connectivity index (χ0n) is 15.1. The molecule has 1 aromatic heterocycles. The van der Waals surface area contributed by atoms with Gasteiger partial charge in [-0.2, -0.15) is 0 Å². The van der Waals surface area contributed by atoms with Crippen molar-refractivity contribution >= 4 is 35.1 Å². The van der Waals surface area contributed by atoms with Crippen LogP contribution in [0.2, 0.25) is 5.02 Å². The summed E-state index contributed by atoms with van der Waals surface area (Å²) < 4.78 is 4.69. The first-order chi connectivity index (χ1) is 13.0. The average molecular weight is 390 g/mol. The van der Waals surface area contributed by atoms with Crippen molar-refractivity contribution in [2.24, 2.45) is 0 Å². The van der Waals surface area contributed by atoms with Gasteiger partial charge in [0.15, 0.2) is 0 Å². The summed E-state index contributed by atoms with van der Waals surface area (Å²) in [5.74, 6) is -0.427. The second-order valence-corrected chi connectivity index (χ2v) is 6.58. The van der Waals surface area contributed by atoms with Crippen LogP contribution in [0.3, 0.4) is 0 Å². The summed E-state index contributed by atoms with van der Waals surface area (Å²) in [6, 6.07) is 6.06. The van der Waals surface area contributed by atoms with E-state index < -0.39 is 11.9 Å². The van der Waals surface area contributed by atoms with Crippen LogP contribution in [0.15, 0.2) is 30.5 Å². The number of amides is 1. The largest absolute Gasteiger partial charge is 0.465 e. The first-order valence-corrected chi connectivity index (χ1v) is 8.81. The molecule has 3 rings (SSSR count). The highest BCUT2D eigenvalue weighted by molar-refractivity contribution is 6.34. The van der Waals surface area contributed by atoms with Crippen molar-refractivity contribution in [1.29, 1.82) is 0 Å². The normalized spacial score (nSPS) is 14.7. The number of esters is 1. The van der Waals surface area contributed by atoms with E-state index >= 15 is 0 Å². The number of methoxy groups -OCH3 is 1. The van der Waals surface area contributed by atoms with Crippen LogP contribution >= 0.6 is 11.6 Å². The monoisotopic (exact) mass is 389 g/mol. The van der Waals surface area contributed by atoms with Gasteiger partial charge in [0.1, 0.15) is 5.69 Å². The van der Waals surface area contributed by atoms with Crippen molar-refractivity contribution < 1.29 is 14.3 Å². The van der Waals surface area contributed by atoms with Gasteiger partial charge in [0.2, 0.25) is 5.95 Å². The number of rotatable bonds is 4. The maximum absolute atomic E-state index is 12.6. The summed E-state index contributed by atoms with van der Waals surface area (Å²) in [5.41, 5.74) is 0.820. The number of nitrogens with zero attached hydrogens (tertiary/aromatic N) is 4. The fourth-order valence-electron chi connectivity index (χ4n) is 2.69. The smallest absolute Gasteiger partial charge is 0.337 e. The highest BCUT2D eigenvalue weighted by Crippen LogP contribution is 2.24. The van der Waals surface area contributed by atoms with Gasteiger partial charge >= 0.3 is 5.97 Å². The maximum atomic E-state index is 12.6. The Labute approximate surface area is 162 Å². The molecule has 2 heterocycles. The standard InChI is InChI=1S/C18H20ClN5O3/c1-23-7-9-24(10-8-23)18-20-6-5-14(22-18)16(25)21-15-11-12(17(26)27-2)3-4-13(15)19/h3-6,11H,7-10H2,1-2H3,(H,21,25). The molecule has 1 aromatic carbocycles. The third-order valence-electron chi connectivity index (χ3n) is 4.30. The number of piperazine rings is 1. The molecule has 1 aliphatic rings. The number of carbonyl (C=O) groups is 2. The van der Waals surface area contributed by atoms with Crippen LogP contribution in [0, 0.1) is 0 Å². The molecule has 0 bridgehead atoms. The van der Waals surface area contributed by atoms with Gasteiger partial charge in [-0.3, -0.25) is 4.79 Å². The molecule has 1 amide bonds. The van der Waals surface area contributed by atoms with Crippen LogP contribution in [0.4, 0.5) is 11.6 Å². The molecule has 2 aromatic rings.